The molecule has 106 valence electrons. The SMILES string of the molecule is CC1c2ccsc2CCN1c1nc(N)nc(N(C)C)n1. The molecule has 1 unspecified atom stereocenters. The molecule has 3 heterocycles. The maximum atomic E-state index is 5.81. The van der Waals surface area contributed by atoms with Crippen molar-refractivity contribution in [2.75, 3.05) is 36.2 Å². The molecule has 0 spiro atoms. The van der Waals surface area contributed by atoms with Crippen molar-refractivity contribution in [2.45, 2.75) is 19.4 Å². The van der Waals surface area contributed by atoms with E-state index in [1.807, 2.05) is 30.3 Å². The molecule has 0 saturated carbocycles. The Labute approximate surface area is 122 Å². The lowest BCUT2D eigenvalue weighted by Gasteiger charge is -2.33. The summed E-state index contributed by atoms with van der Waals surface area (Å²) in [5.74, 6) is 1.52. The van der Waals surface area contributed by atoms with Gasteiger partial charge in [-0.1, -0.05) is 0 Å². The molecular weight excluding hydrogens is 272 g/mol. The van der Waals surface area contributed by atoms with Crippen LogP contribution in [0, 0.1) is 0 Å². The minimum atomic E-state index is 0.266. The van der Waals surface area contributed by atoms with Crippen LogP contribution in [0.25, 0.3) is 0 Å². The molecule has 2 aromatic rings. The average molecular weight is 290 g/mol. The van der Waals surface area contributed by atoms with Crippen LogP contribution >= 0.6 is 11.3 Å². The van der Waals surface area contributed by atoms with Crippen LogP contribution in [0.4, 0.5) is 17.8 Å². The summed E-state index contributed by atoms with van der Waals surface area (Å²) in [6, 6.07) is 2.45. The monoisotopic (exact) mass is 290 g/mol. The van der Waals surface area contributed by atoms with E-state index in [0.717, 1.165) is 13.0 Å². The highest BCUT2D eigenvalue weighted by Gasteiger charge is 2.27. The Morgan fingerprint density at radius 3 is 2.90 bits per heavy atom. The number of thiophene rings is 1. The second-order valence-electron chi connectivity index (χ2n) is 5.11. The predicted molar refractivity (Wildman–Crippen MR) is 82.4 cm³/mol. The number of anilines is 3. The van der Waals surface area contributed by atoms with Crippen molar-refractivity contribution in [2.24, 2.45) is 0 Å². The molecule has 0 aliphatic carbocycles. The van der Waals surface area contributed by atoms with Crippen molar-refractivity contribution in [1.82, 2.24) is 15.0 Å². The van der Waals surface area contributed by atoms with Gasteiger partial charge in [0.1, 0.15) is 0 Å². The fourth-order valence-electron chi connectivity index (χ4n) is 2.48. The normalized spacial score (nSPS) is 17.9. The molecule has 1 atom stereocenters. The number of fused-ring (bicyclic) bond motifs is 1. The largest absolute Gasteiger partial charge is 0.368 e. The highest BCUT2D eigenvalue weighted by atomic mass is 32.1. The zero-order valence-electron chi connectivity index (χ0n) is 11.9. The number of nitrogens with two attached hydrogens (primary N) is 1. The Morgan fingerprint density at radius 1 is 1.35 bits per heavy atom. The quantitative estimate of drug-likeness (QED) is 0.908. The fourth-order valence-corrected chi connectivity index (χ4v) is 3.44. The lowest BCUT2D eigenvalue weighted by atomic mass is 10.0. The molecule has 7 heteroatoms. The summed E-state index contributed by atoms with van der Waals surface area (Å²) in [4.78, 5) is 18.5. The van der Waals surface area contributed by atoms with Crippen molar-refractivity contribution >= 4 is 29.2 Å². The van der Waals surface area contributed by atoms with E-state index >= 15 is 0 Å². The molecule has 2 N–H and O–H groups in total. The van der Waals surface area contributed by atoms with Gasteiger partial charge in [-0.05, 0) is 30.4 Å². The first-order chi connectivity index (χ1) is 9.56. The van der Waals surface area contributed by atoms with E-state index in [1.54, 1.807) is 0 Å². The summed E-state index contributed by atoms with van der Waals surface area (Å²) < 4.78 is 0. The van der Waals surface area contributed by atoms with Gasteiger partial charge < -0.3 is 15.5 Å². The van der Waals surface area contributed by atoms with Crippen LogP contribution < -0.4 is 15.5 Å². The zero-order valence-corrected chi connectivity index (χ0v) is 12.7. The minimum Gasteiger partial charge on any atom is -0.368 e. The van der Waals surface area contributed by atoms with Gasteiger partial charge in [-0.3, -0.25) is 0 Å². The molecule has 0 fully saturated rings. The van der Waals surface area contributed by atoms with Crippen molar-refractivity contribution in [3.05, 3.63) is 21.9 Å². The van der Waals surface area contributed by atoms with E-state index in [9.17, 15) is 0 Å². The van der Waals surface area contributed by atoms with Gasteiger partial charge in [0.05, 0.1) is 6.04 Å². The first-order valence-electron chi connectivity index (χ1n) is 6.58. The van der Waals surface area contributed by atoms with Gasteiger partial charge in [-0.2, -0.15) is 15.0 Å². The second kappa shape index (κ2) is 4.90. The average Bonchev–Trinajstić information content (AvgIpc) is 2.87. The highest BCUT2D eigenvalue weighted by molar-refractivity contribution is 7.10. The zero-order chi connectivity index (χ0) is 14.3. The molecule has 0 saturated heterocycles. The van der Waals surface area contributed by atoms with E-state index in [4.69, 9.17) is 5.73 Å². The third kappa shape index (κ3) is 2.18. The lowest BCUT2D eigenvalue weighted by molar-refractivity contribution is 0.614. The van der Waals surface area contributed by atoms with Crippen molar-refractivity contribution in [1.29, 1.82) is 0 Å². The molecule has 3 rings (SSSR count). The summed E-state index contributed by atoms with van der Waals surface area (Å²) in [7, 11) is 3.80. The van der Waals surface area contributed by atoms with Crippen molar-refractivity contribution < 1.29 is 0 Å². The van der Waals surface area contributed by atoms with Crippen LogP contribution in [0.2, 0.25) is 0 Å². The molecular formula is C13H18N6S. The van der Waals surface area contributed by atoms with E-state index in [2.05, 4.69) is 38.2 Å². The first-order valence-corrected chi connectivity index (χ1v) is 7.46. The third-order valence-corrected chi connectivity index (χ3v) is 4.56. The van der Waals surface area contributed by atoms with Crippen LogP contribution in [-0.2, 0) is 6.42 Å². The smallest absolute Gasteiger partial charge is 0.232 e. The standard InChI is InChI=1S/C13H18N6S/c1-8-9-5-7-20-10(9)4-6-19(8)13-16-11(14)15-12(17-13)18(2)3/h5,7-8H,4,6H2,1-3H3,(H2,14,15,16,17). The van der Waals surface area contributed by atoms with Gasteiger partial charge in [0, 0.05) is 25.5 Å². The number of hydrogen-bond donors (Lipinski definition) is 1. The summed E-state index contributed by atoms with van der Waals surface area (Å²) in [5, 5.41) is 2.15. The third-order valence-electron chi connectivity index (χ3n) is 3.56. The molecule has 0 aromatic carbocycles. The molecule has 0 radical (unpaired) electrons. The summed E-state index contributed by atoms with van der Waals surface area (Å²) >= 11 is 1.82. The van der Waals surface area contributed by atoms with Crippen LogP contribution in [0.3, 0.4) is 0 Å². The number of rotatable bonds is 2. The fraction of sp³-hybridized carbons (Fsp3) is 0.462. The van der Waals surface area contributed by atoms with Gasteiger partial charge in [-0.25, -0.2) is 0 Å². The molecule has 6 nitrogen and oxygen atoms in total. The van der Waals surface area contributed by atoms with E-state index in [-0.39, 0.29) is 12.0 Å². The van der Waals surface area contributed by atoms with Crippen LogP contribution in [0.1, 0.15) is 23.4 Å². The van der Waals surface area contributed by atoms with Crippen LogP contribution in [0.15, 0.2) is 11.4 Å². The Morgan fingerprint density at radius 2 is 2.15 bits per heavy atom. The van der Waals surface area contributed by atoms with E-state index in [0.29, 0.717) is 11.9 Å². The number of hydrogen-bond acceptors (Lipinski definition) is 7. The Bertz CT molecular complexity index is 623. The van der Waals surface area contributed by atoms with Gasteiger partial charge in [-0.15, -0.1) is 11.3 Å². The number of nitrogens with zero attached hydrogens (tertiary/aromatic N) is 5. The molecule has 1 aliphatic rings. The topological polar surface area (TPSA) is 71.2 Å². The predicted octanol–water partition coefficient (Wildman–Crippen LogP) is 1.71. The summed E-state index contributed by atoms with van der Waals surface area (Å²) in [6.45, 7) is 3.09. The minimum absolute atomic E-state index is 0.266. The Hall–Kier alpha value is -1.89. The molecule has 2 aromatic heterocycles. The molecule has 20 heavy (non-hydrogen) atoms. The highest BCUT2D eigenvalue weighted by Crippen LogP contribution is 2.34. The second-order valence-corrected chi connectivity index (χ2v) is 6.11. The van der Waals surface area contributed by atoms with Gasteiger partial charge in [0.25, 0.3) is 0 Å². The number of aromatic nitrogens is 3. The Kier molecular flexibility index (Phi) is 3.21. The van der Waals surface area contributed by atoms with Gasteiger partial charge >= 0.3 is 0 Å². The molecule has 0 bridgehead atoms. The van der Waals surface area contributed by atoms with E-state index < -0.39 is 0 Å². The van der Waals surface area contributed by atoms with E-state index in [1.165, 1.54) is 10.4 Å². The molecule has 1 aliphatic heterocycles. The summed E-state index contributed by atoms with van der Waals surface area (Å²) in [5.41, 5.74) is 7.18. The first kappa shape index (κ1) is 13.1. The maximum absolute atomic E-state index is 5.81. The van der Waals surface area contributed by atoms with Crippen molar-refractivity contribution in [3.63, 3.8) is 0 Å². The van der Waals surface area contributed by atoms with Crippen molar-refractivity contribution in [3.8, 4) is 0 Å². The number of nitrogen functional groups attached to an aromatic ring is 1. The summed E-state index contributed by atoms with van der Waals surface area (Å²) in [6.07, 6.45) is 1.03. The Balaban J connectivity index is 1.98. The van der Waals surface area contributed by atoms with Crippen LogP contribution in [0.5, 0.6) is 0 Å². The van der Waals surface area contributed by atoms with Crippen LogP contribution in [-0.4, -0.2) is 35.6 Å². The van der Waals surface area contributed by atoms with Gasteiger partial charge in [0.2, 0.25) is 17.8 Å². The van der Waals surface area contributed by atoms with Gasteiger partial charge in [0.15, 0.2) is 0 Å². The lowest BCUT2D eigenvalue weighted by Crippen LogP contribution is -2.35. The maximum Gasteiger partial charge on any atom is 0.232 e. The molecule has 0 amide bonds.